The number of esters is 1. The number of methoxy groups -OCH3 is 1. The molecule has 1 aliphatic heterocycles. The average molecular weight is 393 g/mol. The quantitative estimate of drug-likeness (QED) is 0.437. The van der Waals surface area contributed by atoms with E-state index in [1.54, 1.807) is 47.4 Å². The number of ether oxygens (including phenoxy) is 1. The van der Waals surface area contributed by atoms with Crippen molar-refractivity contribution in [2.75, 3.05) is 13.7 Å². The number of hydrogen-bond donors (Lipinski definition) is 0. The molecule has 1 amide bonds. The second-order valence-electron chi connectivity index (χ2n) is 5.96. The first-order valence-corrected chi connectivity index (χ1v) is 9.36. The molecule has 0 aliphatic carbocycles. The minimum atomic E-state index is -0.400. The molecule has 6 nitrogen and oxygen atoms in total. The van der Waals surface area contributed by atoms with E-state index in [1.165, 1.54) is 18.9 Å². The molecule has 0 unspecified atom stereocenters. The van der Waals surface area contributed by atoms with E-state index in [9.17, 15) is 9.59 Å². The first-order chi connectivity index (χ1) is 13.5. The third-order valence-corrected chi connectivity index (χ3v) is 4.92. The van der Waals surface area contributed by atoms with Gasteiger partial charge in [-0.2, -0.15) is 0 Å². The molecule has 1 saturated heterocycles. The van der Waals surface area contributed by atoms with Crippen LogP contribution in [0, 0.1) is 6.92 Å². The van der Waals surface area contributed by atoms with E-state index in [2.05, 4.69) is 16.6 Å². The second kappa shape index (κ2) is 8.67. The van der Waals surface area contributed by atoms with Crippen LogP contribution in [0.1, 0.15) is 21.6 Å². The van der Waals surface area contributed by atoms with Gasteiger partial charge >= 0.3 is 5.97 Å². The molecule has 1 aromatic heterocycles. The van der Waals surface area contributed by atoms with E-state index < -0.39 is 5.97 Å². The highest BCUT2D eigenvalue weighted by molar-refractivity contribution is 8.18. The molecule has 2 aromatic rings. The molecular weight excluding hydrogens is 374 g/mol. The van der Waals surface area contributed by atoms with Gasteiger partial charge in [0.05, 0.1) is 17.6 Å². The first kappa shape index (κ1) is 19.6. The van der Waals surface area contributed by atoms with Gasteiger partial charge < -0.3 is 4.74 Å². The van der Waals surface area contributed by atoms with E-state index in [4.69, 9.17) is 4.74 Å². The summed E-state index contributed by atoms with van der Waals surface area (Å²) in [6.45, 7) is 5.97. The second-order valence-corrected chi connectivity index (χ2v) is 6.97. The molecule has 0 saturated carbocycles. The number of aliphatic imine (C=N–C) groups is 1. The lowest BCUT2D eigenvalue weighted by atomic mass is 10.1. The smallest absolute Gasteiger partial charge is 0.337 e. The number of nitrogens with zero attached hydrogens (tertiary/aromatic N) is 3. The molecule has 2 heterocycles. The van der Waals surface area contributed by atoms with Gasteiger partial charge in [-0.15, -0.1) is 6.58 Å². The maximum atomic E-state index is 12.8. The first-order valence-electron chi connectivity index (χ1n) is 8.55. The van der Waals surface area contributed by atoms with Crippen molar-refractivity contribution in [3.8, 4) is 0 Å². The Bertz CT molecular complexity index is 981. The lowest BCUT2D eigenvalue weighted by Crippen LogP contribution is -2.29. The van der Waals surface area contributed by atoms with Crippen LogP contribution >= 0.6 is 11.8 Å². The largest absolute Gasteiger partial charge is 0.465 e. The lowest BCUT2D eigenvalue weighted by Gasteiger charge is -2.12. The fraction of sp³-hybridized carbons (Fsp3) is 0.143. The van der Waals surface area contributed by atoms with Gasteiger partial charge in [0.25, 0.3) is 5.91 Å². The number of aromatic nitrogens is 1. The van der Waals surface area contributed by atoms with E-state index in [1.807, 2.05) is 19.1 Å². The van der Waals surface area contributed by atoms with Crippen molar-refractivity contribution in [1.29, 1.82) is 0 Å². The summed E-state index contributed by atoms with van der Waals surface area (Å²) in [5.74, 6) is 0.00384. The zero-order valence-corrected chi connectivity index (χ0v) is 16.4. The maximum Gasteiger partial charge on any atom is 0.337 e. The Morgan fingerprint density at radius 2 is 2.04 bits per heavy atom. The van der Waals surface area contributed by atoms with Gasteiger partial charge in [0.1, 0.15) is 0 Å². The Morgan fingerprint density at radius 3 is 2.68 bits per heavy atom. The van der Waals surface area contributed by atoms with E-state index >= 15 is 0 Å². The minimum Gasteiger partial charge on any atom is -0.465 e. The third-order valence-electron chi connectivity index (χ3n) is 3.91. The molecule has 0 spiro atoms. The van der Waals surface area contributed by atoms with E-state index in [-0.39, 0.29) is 5.91 Å². The van der Waals surface area contributed by atoms with Gasteiger partial charge in [0.15, 0.2) is 11.0 Å². The summed E-state index contributed by atoms with van der Waals surface area (Å²) in [7, 11) is 1.34. The van der Waals surface area contributed by atoms with Crippen LogP contribution in [0.3, 0.4) is 0 Å². The molecule has 0 bridgehead atoms. The Morgan fingerprint density at radius 1 is 1.29 bits per heavy atom. The monoisotopic (exact) mass is 393 g/mol. The molecule has 1 aromatic carbocycles. The van der Waals surface area contributed by atoms with Gasteiger partial charge in [0, 0.05) is 12.2 Å². The van der Waals surface area contributed by atoms with Crippen molar-refractivity contribution in [3.63, 3.8) is 0 Å². The van der Waals surface area contributed by atoms with Crippen LogP contribution < -0.4 is 0 Å². The third kappa shape index (κ3) is 4.37. The fourth-order valence-corrected chi connectivity index (χ4v) is 3.55. The number of thioether (sulfide) groups is 1. The van der Waals surface area contributed by atoms with Crippen molar-refractivity contribution in [2.24, 2.45) is 4.99 Å². The Kier molecular flexibility index (Phi) is 6.06. The molecule has 28 heavy (non-hydrogen) atoms. The van der Waals surface area contributed by atoms with Crippen molar-refractivity contribution in [1.82, 2.24) is 9.88 Å². The highest BCUT2D eigenvalue weighted by atomic mass is 32.2. The molecule has 1 aliphatic rings. The molecule has 0 atom stereocenters. The van der Waals surface area contributed by atoms with Crippen LogP contribution in [-0.2, 0) is 9.53 Å². The van der Waals surface area contributed by atoms with E-state index in [0.29, 0.717) is 28.0 Å². The fourth-order valence-electron chi connectivity index (χ4n) is 2.56. The van der Waals surface area contributed by atoms with Gasteiger partial charge in [-0.25, -0.2) is 14.8 Å². The summed E-state index contributed by atoms with van der Waals surface area (Å²) < 4.78 is 4.70. The highest BCUT2D eigenvalue weighted by Crippen LogP contribution is 2.33. The number of pyridine rings is 1. The number of carbonyl (C=O) groups excluding carboxylic acids is 2. The number of amidine groups is 1. The van der Waals surface area contributed by atoms with Gasteiger partial charge in [0.2, 0.25) is 0 Å². The number of hydrogen-bond acceptors (Lipinski definition) is 6. The normalized spacial score (nSPS) is 16.6. The summed E-state index contributed by atoms with van der Waals surface area (Å²) in [6, 6.07) is 12.4. The van der Waals surface area contributed by atoms with Crippen LogP contribution in [-0.4, -0.2) is 40.6 Å². The van der Waals surface area contributed by atoms with Gasteiger partial charge in [-0.3, -0.25) is 9.69 Å². The van der Waals surface area contributed by atoms with Gasteiger partial charge in [-0.1, -0.05) is 24.3 Å². The molecule has 7 heteroatoms. The van der Waals surface area contributed by atoms with Crippen LogP contribution in [0.25, 0.3) is 6.08 Å². The Hall–Kier alpha value is -3.19. The summed E-state index contributed by atoms with van der Waals surface area (Å²) in [6.07, 6.45) is 3.43. The molecule has 1 fully saturated rings. The number of benzene rings is 1. The lowest BCUT2D eigenvalue weighted by molar-refractivity contribution is -0.121. The maximum absolute atomic E-state index is 12.8. The number of rotatable bonds is 5. The van der Waals surface area contributed by atoms with Crippen molar-refractivity contribution < 1.29 is 14.3 Å². The molecular formula is C21H19N3O3S. The summed E-state index contributed by atoms with van der Waals surface area (Å²) in [5.41, 5.74) is 2.11. The molecule has 0 radical (unpaired) electrons. The molecule has 142 valence electrons. The van der Waals surface area contributed by atoms with Crippen LogP contribution in [0.2, 0.25) is 0 Å². The molecule has 3 rings (SSSR count). The standard InChI is InChI=1S/C21H19N3O3S/c1-4-12-24-19(25)17(13-15-8-10-16(11-9-15)20(26)27-3)28-21(24)23-18-7-5-6-14(2)22-18/h4-11,13H,1,12H2,2-3H3/b17-13-,23-21+. The zero-order chi connectivity index (χ0) is 20.1. The predicted molar refractivity (Wildman–Crippen MR) is 111 cm³/mol. The van der Waals surface area contributed by atoms with Gasteiger partial charge in [-0.05, 0) is 54.6 Å². The average Bonchev–Trinajstić information content (AvgIpc) is 2.97. The summed E-state index contributed by atoms with van der Waals surface area (Å²) >= 11 is 1.29. The van der Waals surface area contributed by atoms with Crippen molar-refractivity contribution in [3.05, 3.63) is 76.8 Å². The predicted octanol–water partition coefficient (Wildman–Crippen LogP) is 3.97. The number of aryl methyl sites for hydroxylation is 1. The summed E-state index contributed by atoms with van der Waals surface area (Å²) in [5, 5.41) is 0.556. The molecule has 0 N–H and O–H groups in total. The van der Waals surface area contributed by atoms with Crippen molar-refractivity contribution >= 4 is 40.7 Å². The van der Waals surface area contributed by atoms with E-state index in [0.717, 1.165) is 11.3 Å². The van der Waals surface area contributed by atoms with Crippen LogP contribution in [0.4, 0.5) is 5.82 Å². The SMILES string of the molecule is C=CCN1C(=O)/C(=C/c2ccc(C(=O)OC)cc2)S/C1=N/c1cccc(C)n1. The summed E-state index contributed by atoms with van der Waals surface area (Å²) in [4.78, 5) is 35.4. The topological polar surface area (TPSA) is 71.9 Å². The zero-order valence-electron chi connectivity index (χ0n) is 15.6. The Balaban J connectivity index is 1.90. The van der Waals surface area contributed by atoms with Crippen LogP contribution in [0.5, 0.6) is 0 Å². The van der Waals surface area contributed by atoms with Crippen molar-refractivity contribution in [2.45, 2.75) is 6.92 Å². The Labute approximate surface area is 167 Å². The number of carbonyl (C=O) groups is 2. The number of amides is 1. The highest BCUT2D eigenvalue weighted by Gasteiger charge is 2.32. The minimum absolute atomic E-state index is 0.145. The van der Waals surface area contributed by atoms with Crippen LogP contribution in [0.15, 0.2) is 65.0 Å².